The number of nitrogens with one attached hydrogen (secondary N) is 1. The van der Waals surface area contributed by atoms with E-state index in [0.29, 0.717) is 6.54 Å². The second-order valence-electron chi connectivity index (χ2n) is 8.63. The molecule has 2 unspecified atom stereocenters. The predicted molar refractivity (Wildman–Crippen MR) is 123 cm³/mol. The van der Waals surface area contributed by atoms with Crippen molar-refractivity contribution >= 4 is 17.3 Å². The molecule has 3 heterocycles. The average molecular weight is 424 g/mol. The normalized spacial score (nSPS) is 23.0. The Morgan fingerprint density at radius 2 is 1.68 bits per heavy atom. The quantitative estimate of drug-likeness (QED) is 0.770. The van der Waals surface area contributed by atoms with Crippen molar-refractivity contribution in [2.75, 3.05) is 56.0 Å². The molecule has 1 aromatic carbocycles. The number of ether oxygens (including phenoxy) is 1. The van der Waals surface area contributed by atoms with Crippen molar-refractivity contribution < 1.29 is 9.53 Å². The minimum Gasteiger partial charge on any atom is -0.372 e. The van der Waals surface area contributed by atoms with Crippen LogP contribution in [0.25, 0.3) is 0 Å². The van der Waals surface area contributed by atoms with Crippen LogP contribution in [0, 0.1) is 0 Å². The first-order valence-corrected chi connectivity index (χ1v) is 11.2. The van der Waals surface area contributed by atoms with Crippen LogP contribution in [0.15, 0.2) is 48.7 Å². The molecule has 2 fully saturated rings. The summed E-state index contributed by atoms with van der Waals surface area (Å²) in [5.41, 5.74) is 3.11. The van der Waals surface area contributed by atoms with Gasteiger partial charge >= 0.3 is 0 Å². The van der Waals surface area contributed by atoms with Crippen molar-refractivity contribution in [3.05, 3.63) is 54.4 Å². The smallest absolute Gasteiger partial charge is 0.238 e. The summed E-state index contributed by atoms with van der Waals surface area (Å²) in [6, 6.07) is 14.2. The lowest BCUT2D eigenvalue weighted by atomic mass is 10.2. The van der Waals surface area contributed by atoms with Crippen LogP contribution >= 0.6 is 0 Å². The largest absolute Gasteiger partial charge is 0.372 e. The Morgan fingerprint density at radius 3 is 2.32 bits per heavy atom. The second-order valence-corrected chi connectivity index (χ2v) is 8.63. The first kappa shape index (κ1) is 21.7. The number of nitrogens with zero attached hydrogens (tertiary/aromatic N) is 4. The van der Waals surface area contributed by atoms with Crippen LogP contribution in [0.3, 0.4) is 0 Å². The highest BCUT2D eigenvalue weighted by atomic mass is 16.5. The highest BCUT2D eigenvalue weighted by Gasteiger charge is 2.22. The van der Waals surface area contributed by atoms with Gasteiger partial charge in [-0.15, -0.1) is 0 Å². The molecule has 0 saturated carbocycles. The molecule has 1 N–H and O–H groups in total. The summed E-state index contributed by atoms with van der Waals surface area (Å²) in [4.78, 5) is 23.9. The first-order chi connectivity index (χ1) is 15.0. The SMILES string of the molecule is CC1CN(c2ccc(NC(=O)CN3CCN(Cc4ccccn4)CC3)cc2)CC(C)O1. The molecule has 2 atom stereocenters. The molecule has 2 aliphatic rings. The van der Waals surface area contributed by atoms with Gasteiger partial charge in [-0.05, 0) is 50.2 Å². The number of aromatic nitrogens is 1. The molecule has 2 aliphatic heterocycles. The third kappa shape index (κ3) is 6.26. The number of benzene rings is 1. The average Bonchev–Trinajstić information content (AvgIpc) is 2.76. The van der Waals surface area contributed by atoms with Crippen LogP contribution in [-0.2, 0) is 16.1 Å². The Kier molecular flexibility index (Phi) is 7.17. The van der Waals surface area contributed by atoms with E-state index in [9.17, 15) is 4.79 Å². The molecule has 0 bridgehead atoms. The summed E-state index contributed by atoms with van der Waals surface area (Å²) in [5.74, 6) is 0.0412. The lowest BCUT2D eigenvalue weighted by molar-refractivity contribution is -0.117. The van der Waals surface area contributed by atoms with Gasteiger partial charge in [0.05, 0.1) is 24.4 Å². The van der Waals surface area contributed by atoms with Gasteiger partial charge in [0.15, 0.2) is 0 Å². The van der Waals surface area contributed by atoms with Crippen molar-refractivity contribution in [3.8, 4) is 0 Å². The number of pyridine rings is 1. The molecule has 166 valence electrons. The van der Waals surface area contributed by atoms with Gasteiger partial charge in [0.1, 0.15) is 0 Å². The zero-order valence-corrected chi connectivity index (χ0v) is 18.5. The molecule has 1 amide bonds. The van der Waals surface area contributed by atoms with Gasteiger partial charge in [0.25, 0.3) is 0 Å². The summed E-state index contributed by atoms with van der Waals surface area (Å²) in [5, 5.41) is 3.04. The van der Waals surface area contributed by atoms with Crippen molar-refractivity contribution in [2.45, 2.75) is 32.6 Å². The third-order valence-corrected chi connectivity index (χ3v) is 5.88. The van der Waals surface area contributed by atoms with E-state index in [1.54, 1.807) is 0 Å². The summed E-state index contributed by atoms with van der Waals surface area (Å²) in [7, 11) is 0. The lowest BCUT2D eigenvalue weighted by Gasteiger charge is -2.37. The van der Waals surface area contributed by atoms with E-state index in [4.69, 9.17) is 4.74 Å². The van der Waals surface area contributed by atoms with E-state index in [-0.39, 0.29) is 18.1 Å². The van der Waals surface area contributed by atoms with E-state index >= 15 is 0 Å². The number of carbonyl (C=O) groups is 1. The second kappa shape index (κ2) is 10.2. The summed E-state index contributed by atoms with van der Waals surface area (Å²) in [6.07, 6.45) is 2.30. The van der Waals surface area contributed by atoms with Crippen LogP contribution in [0.1, 0.15) is 19.5 Å². The van der Waals surface area contributed by atoms with Crippen LogP contribution in [0.4, 0.5) is 11.4 Å². The number of rotatable bonds is 6. The maximum Gasteiger partial charge on any atom is 0.238 e. The maximum absolute atomic E-state index is 12.5. The fourth-order valence-electron chi connectivity index (χ4n) is 4.37. The van der Waals surface area contributed by atoms with E-state index in [0.717, 1.165) is 57.2 Å². The van der Waals surface area contributed by atoms with Gasteiger partial charge in [-0.1, -0.05) is 6.07 Å². The molecule has 2 saturated heterocycles. The van der Waals surface area contributed by atoms with E-state index in [2.05, 4.69) is 57.0 Å². The number of hydrogen-bond donors (Lipinski definition) is 1. The Hall–Kier alpha value is -2.48. The first-order valence-electron chi connectivity index (χ1n) is 11.2. The number of amides is 1. The number of hydrogen-bond acceptors (Lipinski definition) is 6. The molecule has 31 heavy (non-hydrogen) atoms. The fraction of sp³-hybridized carbons (Fsp3) is 0.500. The fourth-order valence-corrected chi connectivity index (χ4v) is 4.37. The number of piperazine rings is 1. The minimum atomic E-state index is 0.0412. The van der Waals surface area contributed by atoms with Crippen LogP contribution in [-0.4, -0.2) is 78.7 Å². The highest BCUT2D eigenvalue weighted by molar-refractivity contribution is 5.92. The lowest BCUT2D eigenvalue weighted by Crippen LogP contribution is -2.48. The van der Waals surface area contributed by atoms with Gasteiger partial charge in [-0.25, -0.2) is 0 Å². The standard InChI is InChI=1S/C24H33N5O2/c1-19-15-29(16-20(2)31-19)23-8-6-21(7-9-23)26-24(30)18-28-13-11-27(12-14-28)17-22-5-3-4-10-25-22/h3-10,19-20H,11-18H2,1-2H3,(H,26,30). The van der Waals surface area contributed by atoms with Crippen molar-refractivity contribution in [2.24, 2.45) is 0 Å². The van der Waals surface area contributed by atoms with Gasteiger partial charge in [0.2, 0.25) is 5.91 Å². The topological polar surface area (TPSA) is 60.9 Å². The van der Waals surface area contributed by atoms with Gasteiger partial charge in [-0.3, -0.25) is 19.6 Å². The highest BCUT2D eigenvalue weighted by Crippen LogP contribution is 2.22. The Bertz CT molecular complexity index is 827. The summed E-state index contributed by atoms with van der Waals surface area (Å²) < 4.78 is 5.81. The molecular formula is C24H33N5O2. The van der Waals surface area contributed by atoms with Crippen molar-refractivity contribution in [1.29, 1.82) is 0 Å². The third-order valence-electron chi connectivity index (χ3n) is 5.88. The van der Waals surface area contributed by atoms with Crippen LogP contribution < -0.4 is 10.2 Å². The van der Waals surface area contributed by atoms with Crippen LogP contribution in [0.2, 0.25) is 0 Å². The molecule has 2 aromatic rings. The molecule has 4 rings (SSSR count). The monoisotopic (exact) mass is 423 g/mol. The van der Waals surface area contributed by atoms with E-state index in [1.807, 2.05) is 30.5 Å². The number of anilines is 2. The maximum atomic E-state index is 12.5. The molecule has 7 heteroatoms. The Balaban J connectivity index is 1.21. The zero-order valence-electron chi connectivity index (χ0n) is 18.5. The Labute approximate surface area is 185 Å². The number of carbonyl (C=O) groups excluding carboxylic acids is 1. The van der Waals surface area contributed by atoms with E-state index < -0.39 is 0 Å². The molecular weight excluding hydrogens is 390 g/mol. The molecule has 7 nitrogen and oxygen atoms in total. The zero-order chi connectivity index (χ0) is 21.6. The van der Waals surface area contributed by atoms with Gasteiger partial charge < -0.3 is 15.0 Å². The molecule has 1 aromatic heterocycles. The summed E-state index contributed by atoms with van der Waals surface area (Å²) in [6.45, 7) is 11.0. The van der Waals surface area contributed by atoms with Crippen LogP contribution in [0.5, 0.6) is 0 Å². The Morgan fingerprint density at radius 1 is 1.00 bits per heavy atom. The molecule has 0 aliphatic carbocycles. The van der Waals surface area contributed by atoms with Crippen molar-refractivity contribution in [1.82, 2.24) is 14.8 Å². The van der Waals surface area contributed by atoms with Gasteiger partial charge in [0, 0.05) is 63.4 Å². The van der Waals surface area contributed by atoms with Gasteiger partial charge in [-0.2, -0.15) is 0 Å². The molecule has 0 spiro atoms. The predicted octanol–water partition coefficient (Wildman–Crippen LogP) is 2.45. The summed E-state index contributed by atoms with van der Waals surface area (Å²) >= 11 is 0. The minimum absolute atomic E-state index is 0.0412. The molecule has 0 radical (unpaired) electrons. The number of morpholine rings is 1. The van der Waals surface area contributed by atoms with Crippen molar-refractivity contribution in [3.63, 3.8) is 0 Å². The van der Waals surface area contributed by atoms with E-state index in [1.165, 1.54) is 5.69 Å².